The van der Waals surface area contributed by atoms with E-state index in [2.05, 4.69) is 20.8 Å². The van der Waals surface area contributed by atoms with Crippen molar-refractivity contribution in [2.24, 2.45) is 5.16 Å². The van der Waals surface area contributed by atoms with Crippen LogP contribution in [0.4, 0.5) is 5.69 Å². The molecule has 0 saturated carbocycles. The lowest BCUT2D eigenvalue weighted by atomic mass is 10.1. The summed E-state index contributed by atoms with van der Waals surface area (Å²) >= 11 is 6.02. The lowest BCUT2D eigenvalue weighted by molar-refractivity contribution is -0.114. The summed E-state index contributed by atoms with van der Waals surface area (Å²) in [7, 11) is 0. The lowest BCUT2D eigenvalue weighted by Gasteiger charge is -2.09. The number of aromatic nitrogens is 1. The summed E-state index contributed by atoms with van der Waals surface area (Å²) in [4.78, 5) is 20.5. The third-order valence-electron chi connectivity index (χ3n) is 4.05. The van der Waals surface area contributed by atoms with E-state index >= 15 is 0 Å². The molecule has 2 rings (SSSR count). The van der Waals surface area contributed by atoms with Gasteiger partial charge in [0.25, 0.3) is 5.91 Å². The summed E-state index contributed by atoms with van der Waals surface area (Å²) < 4.78 is 0. The van der Waals surface area contributed by atoms with Crippen LogP contribution in [0.1, 0.15) is 39.0 Å². The fourth-order valence-corrected chi connectivity index (χ4v) is 2.86. The number of hydrogen-bond acceptors (Lipinski definition) is 5. The molecule has 1 heterocycles. The molecule has 0 spiro atoms. The lowest BCUT2D eigenvalue weighted by Crippen LogP contribution is -2.25. The van der Waals surface area contributed by atoms with E-state index in [1.54, 1.807) is 6.20 Å². The van der Waals surface area contributed by atoms with Gasteiger partial charge in [0.2, 0.25) is 0 Å². The summed E-state index contributed by atoms with van der Waals surface area (Å²) in [5.74, 6) is -0.210. The zero-order valence-electron chi connectivity index (χ0n) is 15.7. The van der Waals surface area contributed by atoms with Crippen LogP contribution in [0.15, 0.2) is 35.6 Å². The van der Waals surface area contributed by atoms with Gasteiger partial charge in [0.15, 0.2) is 0 Å². The number of pyridine rings is 1. The molecule has 0 bridgehead atoms. The number of carbonyl (C=O) groups excluding carboxylic acids is 1. The molecule has 0 aliphatic carbocycles. The predicted molar refractivity (Wildman–Crippen MR) is 111 cm³/mol. The number of oxime groups is 1. The molecule has 0 atom stereocenters. The Bertz CT molecular complexity index is 752. The molecule has 0 unspecified atom stereocenters. The minimum absolute atomic E-state index is 0.210. The smallest absolute Gasteiger partial charge is 0.265 e. The van der Waals surface area contributed by atoms with E-state index < -0.39 is 0 Å². The van der Waals surface area contributed by atoms with E-state index in [9.17, 15) is 4.79 Å². The minimum Gasteiger partial charge on any atom is -0.396 e. The van der Waals surface area contributed by atoms with Gasteiger partial charge in [-0.1, -0.05) is 36.0 Å². The topological polar surface area (TPSA) is 75.6 Å². The van der Waals surface area contributed by atoms with Crippen LogP contribution in [-0.4, -0.2) is 36.8 Å². The SMILES string of the molecule is CCO/N=C/C(=O)NCCCCCCCNc1ccnc2cc(Cl)ccc12. The molecule has 2 aromatic rings. The molecule has 0 radical (unpaired) electrons. The highest BCUT2D eigenvalue weighted by atomic mass is 35.5. The number of benzene rings is 1. The maximum Gasteiger partial charge on any atom is 0.265 e. The summed E-state index contributed by atoms with van der Waals surface area (Å²) in [6.07, 6.45) is 8.45. The molecular formula is C20H27ClN4O2. The fourth-order valence-electron chi connectivity index (χ4n) is 2.70. The van der Waals surface area contributed by atoms with Gasteiger partial charge in [-0.25, -0.2) is 0 Å². The predicted octanol–water partition coefficient (Wildman–Crippen LogP) is 4.39. The molecule has 1 aromatic carbocycles. The van der Waals surface area contributed by atoms with Crippen LogP contribution in [0, 0.1) is 0 Å². The van der Waals surface area contributed by atoms with Crippen LogP contribution in [0.5, 0.6) is 0 Å². The molecule has 0 aliphatic rings. The highest BCUT2D eigenvalue weighted by Crippen LogP contribution is 2.24. The van der Waals surface area contributed by atoms with Gasteiger partial charge in [0.05, 0.1) is 5.52 Å². The molecule has 146 valence electrons. The number of nitrogens with one attached hydrogen (secondary N) is 2. The Morgan fingerprint density at radius 3 is 2.78 bits per heavy atom. The van der Waals surface area contributed by atoms with Crippen LogP contribution < -0.4 is 10.6 Å². The Labute approximate surface area is 165 Å². The van der Waals surface area contributed by atoms with Gasteiger partial charge in [-0.15, -0.1) is 0 Å². The second kappa shape index (κ2) is 12.1. The molecule has 0 aliphatic heterocycles. The summed E-state index contributed by atoms with van der Waals surface area (Å²) in [6.45, 7) is 3.87. The van der Waals surface area contributed by atoms with E-state index in [1.165, 1.54) is 6.21 Å². The molecule has 0 saturated heterocycles. The van der Waals surface area contributed by atoms with Gasteiger partial charge in [-0.05, 0) is 44.0 Å². The highest BCUT2D eigenvalue weighted by molar-refractivity contribution is 6.31. The second-order valence-electron chi connectivity index (χ2n) is 6.16. The molecule has 27 heavy (non-hydrogen) atoms. The number of carbonyl (C=O) groups is 1. The fraction of sp³-hybridized carbons (Fsp3) is 0.450. The van der Waals surface area contributed by atoms with Crippen LogP contribution in [0.2, 0.25) is 5.02 Å². The van der Waals surface area contributed by atoms with Crippen molar-refractivity contribution in [3.05, 3.63) is 35.5 Å². The molecular weight excluding hydrogens is 364 g/mol. The summed E-state index contributed by atoms with van der Waals surface area (Å²) in [6, 6.07) is 7.76. The van der Waals surface area contributed by atoms with Gasteiger partial charge in [0, 0.05) is 35.4 Å². The van der Waals surface area contributed by atoms with Gasteiger partial charge < -0.3 is 15.5 Å². The minimum atomic E-state index is -0.210. The van der Waals surface area contributed by atoms with Crippen molar-refractivity contribution in [1.82, 2.24) is 10.3 Å². The number of amides is 1. The molecule has 0 fully saturated rings. The summed E-state index contributed by atoms with van der Waals surface area (Å²) in [5, 5.41) is 11.6. The van der Waals surface area contributed by atoms with Crippen LogP contribution in [0.25, 0.3) is 10.9 Å². The first kappa shape index (κ1) is 21.0. The molecule has 1 amide bonds. The Morgan fingerprint density at radius 1 is 1.19 bits per heavy atom. The number of anilines is 1. The maximum absolute atomic E-state index is 11.4. The van der Waals surface area contributed by atoms with Crippen molar-refractivity contribution in [2.75, 3.05) is 25.0 Å². The largest absolute Gasteiger partial charge is 0.396 e. The van der Waals surface area contributed by atoms with Crippen LogP contribution >= 0.6 is 11.6 Å². The normalized spacial score (nSPS) is 11.0. The van der Waals surface area contributed by atoms with Crippen LogP contribution in [-0.2, 0) is 9.63 Å². The number of halogens is 1. The van der Waals surface area contributed by atoms with E-state index in [-0.39, 0.29) is 5.91 Å². The zero-order valence-corrected chi connectivity index (χ0v) is 16.5. The number of hydrogen-bond donors (Lipinski definition) is 2. The first-order chi connectivity index (χ1) is 13.2. The van der Waals surface area contributed by atoms with E-state index in [4.69, 9.17) is 16.4 Å². The zero-order chi connectivity index (χ0) is 19.3. The molecule has 6 nitrogen and oxygen atoms in total. The number of rotatable bonds is 12. The van der Waals surface area contributed by atoms with Crippen molar-refractivity contribution < 1.29 is 9.63 Å². The van der Waals surface area contributed by atoms with Crippen LogP contribution in [0.3, 0.4) is 0 Å². The van der Waals surface area contributed by atoms with Crippen molar-refractivity contribution in [1.29, 1.82) is 0 Å². The molecule has 7 heteroatoms. The van der Waals surface area contributed by atoms with E-state index in [0.29, 0.717) is 18.2 Å². The number of unbranched alkanes of at least 4 members (excludes halogenated alkanes) is 4. The maximum atomic E-state index is 11.4. The Balaban J connectivity index is 1.55. The standard InChI is InChI=1S/C20H27ClN4O2/c1-2-27-25-15-20(26)24-12-7-5-3-4-6-11-22-18-10-13-23-19-14-16(21)8-9-17(18)19/h8-10,13-15H,2-7,11-12H2,1H3,(H,22,23)(H,24,26)/b25-15+. The monoisotopic (exact) mass is 390 g/mol. The first-order valence-electron chi connectivity index (χ1n) is 9.42. The van der Waals surface area contributed by atoms with Crippen molar-refractivity contribution in [3.63, 3.8) is 0 Å². The second-order valence-corrected chi connectivity index (χ2v) is 6.59. The number of nitrogens with zero attached hydrogens (tertiary/aromatic N) is 2. The quantitative estimate of drug-likeness (QED) is 0.320. The van der Waals surface area contributed by atoms with Crippen molar-refractivity contribution in [3.8, 4) is 0 Å². The van der Waals surface area contributed by atoms with E-state index in [1.807, 2.05) is 31.2 Å². The molecule has 2 N–H and O–H groups in total. The third-order valence-corrected chi connectivity index (χ3v) is 4.28. The Hall–Kier alpha value is -2.34. The van der Waals surface area contributed by atoms with Gasteiger partial charge in [-0.3, -0.25) is 9.78 Å². The van der Waals surface area contributed by atoms with Gasteiger partial charge >= 0.3 is 0 Å². The first-order valence-corrected chi connectivity index (χ1v) is 9.80. The van der Waals surface area contributed by atoms with Gasteiger partial charge in [0.1, 0.15) is 12.8 Å². The summed E-state index contributed by atoms with van der Waals surface area (Å²) in [5.41, 5.74) is 1.99. The Morgan fingerprint density at radius 2 is 1.96 bits per heavy atom. The Kier molecular flexibility index (Phi) is 9.41. The highest BCUT2D eigenvalue weighted by Gasteiger charge is 2.02. The van der Waals surface area contributed by atoms with Crippen molar-refractivity contribution >= 4 is 40.3 Å². The average molecular weight is 391 g/mol. The average Bonchev–Trinajstić information content (AvgIpc) is 2.66. The molecule has 1 aromatic heterocycles. The number of fused-ring (bicyclic) bond motifs is 1. The van der Waals surface area contributed by atoms with E-state index in [0.717, 1.165) is 55.2 Å². The third kappa shape index (κ3) is 7.83. The van der Waals surface area contributed by atoms with Gasteiger partial charge in [-0.2, -0.15) is 0 Å². The van der Waals surface area contributed by atoms with Crippen molar-refractivity contribution in [2.45, 2.75) is 39.0 Å².